The minimum Gasteiger partial charge on any atom is -0.496 e. The van der Waals surface area contributed by atoms with Gasteiger partial charge in [-0.15, -0.1) is 10.2 Å². The van der Waals surface area contributed by atoms with Crippen LogP contribution in [0, 0.1) is 0 Å². The first-order valence-corrected chi connectivity index (χ1v) is 9.11. The van der Waals surface area contributed by atoms with Gasteiger partial charge in [-0.1, -0.05) is 41.7 Å². The Balaban J connectivity index is 1.52. The molecule has 28 heavy (non-hydrogen) atoms. The number of aromatic nitrogens is 2. The lowest BCUT2D eigenvalue weighted by Crippen LogP contribution is -2.19. The van der Waals surface area contributed by atoms with Crippen molar-refractivity contribution in [1.29, 1.82) is 0 Å². The molecule has 142 valence electrons. The van der Waals surface area contributed by atoms with Crippen LogP contribution < -0.4 is 15.5 Å². The highest BCUT2D eigenvalue weighted by molar-refractivity contribution is 7.15. The van der Waals surface area contributed by atoms with Crippen molar-refractivity contribution < 1.29 is 14.3 Å². The maximum Gasteiger partial charge on any atom is 0.257 e. The van der Waals surface area contributed by atoms with Gasteiger partial charge in [-0.05, 0) is 24.3 Å². The number of hydrogen-bond acceptors (Lipinski definition) is 7. The van der Waals surface area contributed by atoms with Gasteiger partial charge < -0.3 is 4.74 Å². The summed E-state index contributed by atoms with van der Waals surface area (Å²) < 4.78 is 5.21. The highest BCUT2D eigenvalue weighted by atomic mass is 32.1. The molecule has 0 spiro atoms. The van der Waals surface area contributed by atoms with Crippen LogP contribution in [0.25, 0.3) is 0 Å². The van der Waals surface area contributed by atoms with Crippen LogP contribution in [-0.2, 0) is 11.2 Å². The number of carbonyl (C=O) groups excluding carboxylic acids is 2. The summed E-state index contributed by atoms with van der Waals surface area (Å²) in [6, 6.07) is 16.1. The molecule has 0 atom stereocenters. The van der Waals surface area contributed by atoms with Crippen LogP contribution in [0.1, 0.15) is 20.9 Å². The second-order valence-electron chi connectivity index (χ2n) is 5.53. The number of para-hydroxylation sites is 1. The van der Waals surface area contributed by atoms with Crippen LogP contribution in [0.15, 0.2) is 59.7 Å². The van der Waals surface area contributed by atoms with E-state index in [1.165, 1.54) is 6.21 Å². The molecule has 8 nitrogen and oxygen atoms in total. The molecule has 0 aliphatic carbocycles. The highest BCUT2D eigenvalue weighted by Crippen LogP contribution is 2.17. The average Bonchev–Trinajstić information content (AvgIpc) is 3.15. The number of methoxy groups -OCH3 is 1. The van der Waals surface area contributed by atoms with Crippen LogP contribution in [0.4, 0.5) is 5.13 Å². The number of rotatable bonds is 7. The minimum atomic E-state index is -0.344. The Morgan fingerprint density at radius 2 is 1.86 bits per heavy atom. The first kappa shape index (κ1) is 19.2. The number of hydrazone groups is 1. The summed E-state index contributed by atoms with van der Waals surface area (Å²) in [6.45, 7) is 0. The number of hydrogen-bond donors (Lipinski definition) is 2. The van der Waals surface area contributed by atoms with E-state index in [0.717, 1.165) is 16.9 Å². The topological polar surface area (TPSA) is 106 Å². The van der Waals surface area contributed by atoms with Gasteiger partial charge >= 0.3 is 0 Å². The SMILES string of the molecule is COc1ccccc1C=NNC(=O)Cc1nnc(NC(=O)c2ccccc2)s1. The summed E-state index contributed by atoms with van der Waals surface area (Å²) in [5.41, 5.74) is 3.69. The zero-order chi connectivity index (χ0) is 19.8. The van der Waals surface area contributed by atoms with E-state index in [4.69, 9.17) is 4.74 Å². The van der Waals surface area contributed by atoms with E-state index in [-0.39, 0.29) is 18.2 Å². The van der Waals surface area contributed by atoms with Crippen LogP contribution in [0.5, 0.6) is 5.75 Å². The molecule has 2 aromatic carbocycles. The van der Waals surface area contributed by atoms with E-state index in [0.29, 0.717) is 21.5 Å². The smallest absolute Gasteiger partial charge is 0.257 e. The molecular formula is C19H17N5O3S. The van der Waals surface area contributed by atoms with Gasteiger partial charge in [-0.25, -0.2) is 5.43 Å². The zero-order valence-electron chi connectivity index (χ0n) is 15.0. The minimum absolute atomic E-state index is 0.00212. The molecule has 3 aromatic rings. The van der Waals surface area contributed by atoms with Crippen molar-refractivity contribution in [3.8, 4) is 5.75 Å². The monoisotopic (exact) mass is 395 g/mol. The van der Waals surface area contributed by atoms with E-state index in [1.54, 1.807) is 37.4 Å². The molecule has 2 amide bonds. The van der Waals surface area contributed by atoms with Crippen molar-refractivity contribution in [2.45, 2.75) is 6.42 Å². The lowest BCUT2D eigenvalue weighted by molar-refractivity contribution is -0.120. The van der Waals surface area contributed by atoms with Crippen molar-refractivity contribution in [3.63, 3.8) is 0 Å². The molecule has 2 N–H and O–H groups in total. The third kappa shape index (κ3) is 5.21. The number of ether oxygens (including phenoxy) is 1. The molecule has 9 heteroatoms. The summed E-state index contributed by atoms with van der Waals surface area (Å²) in [6.07, 6.45) is 1.50. The van der Waals surface area contributed by atoms with Gasteiger partial charge in [0, 0.05) is 11.1 Å². The normalized spacial score (nSPS) is 10.6. The first-order valence-electron chi connectivity index (χ1n) is 8.29. The fourth-order valence-electron chi connectivity index (χ4n) is 2.26. The van der Waals surface area contributed by atoms with Crippen molar-refractivity contribution in [1.82, 2.24) is 15.6 Å². The van der Waals surface area contributed by atoms with E-state index in [2.05, 4.69) is 26.0 Å². The molecule has 0 aliphatic rings. The average molecular weight is 395 g/mol. The molecule has 0 unspecified atom stereocenters. The van der Waals surface area contributed by atoms with Crippen LogP contribution >= 0.6 is 11.3 Å². The van der Waals surface area contributed by atoms with E-state index >= 15 is 0 Å². The second kappa shape index (κ2) is 9.38. The van der Waals surface area contributed by atoms with Crippen molar-refractivity contribution in [3.05, 3.63) is 70.7 Å². The highest BCUT2D eigenvalue weighted by Gasteiger charge is 2.12. The second-order valence-corrected chi connectivity index (χ2v) is 6.60. The van der Waals surface area contributed by atoms with E-state index in [1.807, 2.05) is 24.3 Å². The van der Waals surface area contributed by atoms with Crippen molar-refractivity contribution in [2.24, 2.45) is 5.10 Å². The molecule has 1 aromatic heterocycles. The Hall–Kier alpha value is -3.59. The molecule has 0 saturated heterocycles. The van der Waals surface area contributed by atoms with Crippen LogP contribution in [0.3, 0.4) is 0 Å². The zero-order valence-corrected chi connectivity index (χ0v) is 15.8. The Bertz CT molecular complexity index is 988. The molecule has 0 saturated carbocycles. The summed E-state index contributed by atoms with van der Waals surface area (Å²) in [7, 11) is 1.56. The number of anilines is 1. The number of carbonyl (C=O) groups is 2. The molecular weight excluding hydrogens is 378 g/mol. The molecule has 3 rings (SSSR count). The predicted octanol–water partition coefficient (Wildman–Crippen LogP) is 2.49. The lowest BCUT2D eigenvalue weighted by Gasteiger charge is -2.02. The summed E-state index contributed by atoms with van der Waals surface area (Å²) in [5, 5.41) is 15.2. The quantitative estimate of drug-likeness (QED) is 0.472. The predicted molar refractivity (Wildman–Crippen MR) is 107 cm³/mol. The van der Waals surface area contributed by atoms with Gasteiger partial charge in [-0.3, -0.25) is 14.9 Å². The maximum absolute atomic E-state index is 12.1. The van der Waals surface area contributed by atoms with Gasteiger partial charge in [0.1, 0.15) is 10.8 Å². The molecule has 0 fully saturated rings. The largest absolute Gasteiger partial charge is 0.496 e. The molecule has 1 heterocycles. The third-order valence-electron chi connectivity index (χ3n) is 3.57. The Kier molecular flexibility index (Phi) is 6.42. The van der Waals surface area contributed by atoms with Crippen molar-refractivity contribution >= 4 is 34.5 Å². The third-order valence-corrected chi connectivity index (χ3v) is 4.41. The van der Waals surface area contributed by atoms with Crippen molar-refractivity contribution in [2.75, 3.05) is 12.4 Å². The van der Waals surface area contributed by atoms with Gasteiger partial charge in [0.2, 0.25) is 11.0 Å². The fraction of sp³-hybridized carbons (Fsp3) is 0.105. The number of nitrogens with one attached hydrogen (secondary N) is 2. The number of amides is 2. The Morgan fingerprint density at radius 1 is 1.11 bits per heavy atom. The van der Waals surface area contributed by atoms with Gasteiger partial charge in [0.05, 0.1) is 19.7 Å². The lowest BCUT2D eigenvalue weighted by atomic mass is 10.2. The summed E-state index contributed by atoms with van der Waals surface area (Å²) >= 11 is 1.13. The maximum atomic E-state index is 12.1. The number of benzene rings is 2. The molecule has 0 bridgehead atoms. The van der Waals surface area contributed by atoms with E-state index < -0.39 is 0 Å². The summed E-state index contributed by atoms with van der Waals surface area (Å²) in [5.74, 6) is 0.0285. The Labute approximate surface area is 165 Å². The standard InChI is InChI=1S/C19H17N5O3S/c1-27-15-10-6-5-9-14(15)12-20-22-16(25)11-17-23-24-19(28-17)21-18(26)13-7-3-2-4-8-13/h2-10,12H,11H2,1H3,(H,22,25)(H,21,24,26). The summed E-state index contributed by atoms with van der Waals surface area (Å²) in [4.78, 5) is 24.1. The van der Waals surface area contributed by atoms with E-state index in [9.17, 15) is 9.59 Å². The van der Waals surface area contributed by atoms with Gasteiger partial charge in [0.25, 0.3) is 5.91 Å². The first-order chi connectivity index (χ1) is 13.7. The number of nitrogens with zero attached hydrogens (tertiary/aromatic N) is 3. The van der Waals surface area contributed by atoms with Gasteiger partial charge in [0.15, 0.2) is 0 Å². The molecule has 0 radical (unpaired) electrons. The molecule has 0 aliphatic heterocycles. The fourth-order valence-corrected chi connectivity index (χ4v) is 2.99. The Morgan fingerprint density at radius 3 is 2.64 bits per heavy atom. The van der Waals surface area contributed by atoms with Gasteiger partial charge in [-0.2, -0.15) is 5.10 Å². The van der Waals surface area contributed by atoms with Crippen LogP contribution in [0.2, 0.25) is 0 Å². The van der Waals surface area contributed by atoms with Crippen LogP contribution in [-0.4, -0.2) is 35.3 Å².